The van der Waals surface area contributed by atoms with E-state index in [1.807, 2.05) is 42.5 Å². The van der Waals surface area contributed by atoms with E-state index in [0.29, 0.717) is 5.02 Å². The molecule has 2 aromatic rings. The van der Waals surface area contributed by atoms with Gasteiger partial charge in [0, 0.05) is 5.02 Å². The summed E-state index contributed by atoms with van der Waals surface area (Å²) in [5, 5.41) is 0.697. The number of aliphatic imine (C=N–C) groups is 1. The Morgan fingerprint density at radius 2 is 1.62 bits per heavy atom. The summed E-state index contributed by atoms with van der Waals surface area (Å²) in [5.41, 5.74) is 0.806. The number of nitrogens with zero attached hydrogens (tertiary/aromatic N) is 1. The minimum Gasteiger partial charge on any atom is -0.446 e. The van der Waals surface area contributed by atoms with Crippen LogP contribution in [0.3, 0.4) is 0 Å². The van der Waals surface area contributed by atoms with Gasteiger partial charge >= 0.3 is 0 Å². The van der Waals surface area contributed by atoms with Gasteiger partial charge in [-0.3, -0.25) is 0 Å². The molecule has 0 aromatic heterocycles. The Balaban J connectivity index is 1.98. The fourth-order valence-electron chi connectivity index (χ4n) is 1.17. The Hall–Kier alpha value is -1.80. The van der Waals surface area contributed by atoms with Crippen molar-refractivity contribution in [1.82, 2.24) is 0 Å². The first-order chi connectivity index (χ1) is 7.84. The average molecular weight is 232 g/mol. The normalized spacial score (nSPS) is 10.6. The minimum atomic E-state index is 0.697. The van der Waals surface area contributed by atoms with Crippen LogP contribution in [0.25, 0.3) is 0 Å². The molecule has 2 nitrogen and oxygen atoms in total. The Labute approximate surface area is 99.2 Å². The molecule has 80 valence electrons. The van der Waals surface area contributed by atoms with E-state index in [1.54, 1.807) is 12.1 Å². The summed E-state index contributed by atoms with van der Waals surface area (Å²) in [6.45, 7) is 0. The summed E-state index contributed by atoms with van der Waals surface area (Å²) in [6.07, 6.45) is 1.42. The lowest BCUT2D eigenvalue weighted by molar-refractivity contribution is 0.574. The fourth-order valence-corrected chi connectivity index (χ4v) is 1.30. The standard InChI is InChI=1S/C13H10ClNO/c14-11-6-8-12(9-7-11)15-10-16-13-4-2-1-3-5-13/h1-10H. The number of halogens is 1. The summed E-state index contributed by atoms with van der Waals surface area (Å²) in [6, 6.07) is 16.7. The van der Waals surface area contributed by atoms with Crippen LogP contribution in [0.15, 0.2) is 59.6 Å². The molecule has 0 N–H and O–H groups in total. The zero-order chi connectivity index (χ0) is 11.2. The van der Waals surface area contributed by atoms with Gasteiger partial charge < -0.3 is 4.74 Å². The first-order valence-corrected chi connectivity index (χ1v) is 5.22. The molecule has 2 aromatic carbocycles. The van der Waals surface area contributed by atoms with Gasteiger partial charge in [0.25, 0.3) is 0 Å². The molecule has 2 rings (SSSR count). The monoisotopic (exact) mass is 231 g/mol. The van der Waals surface area contributed by atoms with Crippen molar-refractivity contribution in [2.24, 2.45) is 4.99 Å². The molecule has 0 atom stereocenters. The first kappa shape index (κ1) is 10.7. The number of ether oxygens (including phenoxy) is 1. The molecule has 0 fully saturated rings. The van der Waals surface area contributed by atoms with Gasteiger partial charge in [-0.2, -0.15) is 0 Å². The van der Waals surface area contributed by atoms with Crippen LogP contribution in [0.2, 0.25) is 5.02 Å². The van der Waals surface area contributed by atoms with Crippen molar-refractivity contribution in [1.29, 1.82) is 0 Å². The van der Waals surface area contributed by atoms with Crippen LogP contribution in [0.4, 0.5) is 5.69 Å². The van der Waals surface area contributed by atoms with Crippen molar-refractivity contribution < 1.29 is 4.74 Å². The number of hydrogen-bond donors (Lipinski definition) is 0. The van der Waals surface area contributed by atoms with Gasteiger partial charge in [0.1, 0.15) is 5.75 Å². The molecule has 0 spiro atoms. The van der Waals surface area contributed by atoms with E-state index in [4.69, 9.17) is 16.3 Å². The third-order valence-corrected chi connectivity index (χ3v) is 2.21. The smallest absolute Gasteiger partial charge is 0.181 e. The lowest BCUT2D eigenvalue weighted by Gasteiger charge is -1.97. The zero-order valence-electron chi connectivity index (χ0n) is 8.51. The van der Waals surface area contributed by atoms with Gasteiger partial charge in [0.2, 0.25) is 0 Å². The minimum absolute atomic E-state index is 0.697. The van der Waals surface area contributed by atoms with E-state index in [-0.39, 0.29) is 0 Å². The van der Waals surface area contributed by atoms with Crippen molar-refractivity contribution in [3.63, 3.8) is 0 Å². The van der Waals surface area contributed by atoms with E-state index >= 15 is 0 Å². The third-order valence-electron chi connectivity index (χ3n) is 1.96. The van der Waals surface area contributed by atoms with Crippen LogP contribution in [0.5, 0.6) is 5.75 Å². The van der Waals surface area contributed by atoms with Crippen LogP contribution in [0, 0.1) is 0 Å². The molecule has 0 aliphatic carbocycles. The number of benzene rings is 2. The van der Waals surface area contributed by atoms with Crippen molar-refractivity contribution in [3.05, 3.63) is 59.6 Å². The molecule has 0 aliphatic heterocycles. The van der Waals surface area contributed by atoms with Crippen LogP contribution in [-0.2, 0) is 0 Å². The zero-order valence-corrected chi connectivity index (χ0v) is 9.26. The summed E-state index contributed by atoms with van der Waals surface area (Å²) < 4.78 is 5.32. The number of rotatable bonds is 3. The highest BCUT2D eigenvalue weighted by Gasteiger charge is 1.89. The Morgan fingerprint density at radius 3 is 2.31 bits per heavy atom. The third kappa shape index (κ3) is 3.11. The van der Waals surface area contributed by atoms with Gasteiger partial charge in [-0.15, -0.1) is 0 Å². The maximum absolute atomic E-state index is 5.76. The van der Waals surface area contributed by atoms with Crippen molar-refractivity contribution in [2.75, 3.05) is 0 Å². The van der Waals surface area contributed by atoms with E-state index < -0.39 is 0 Å². The predicted octanol–water partition coefficient (Wildman–Crippen LogP) is 4.08. The van der Waals surface area contributed by atoms with Gasteiger partial charge in [0.05, 0.1) is 5.69 Å². The van der Waals surface area contributed by atoms with E-state index in [1.165, 1.54) is 6.40 Å². The van der Waals surface area contributed by atoms with Gasteiger partial charge in [-0.1, -0.05) is 29.8 Å². The maximum atomic E-state index is 5.76. The fraction of sp³-hybridized carbons (Fsp3) is 0. The Morgan fingerprint density at radius 1 is 0.938 bits per heavy atom. The second-order valence-corrected chi connectivity index (χ2v) is 3.58. The molecular formula is C13H10ClNO. The summed E-state index contributed by atoms with van der Waals surface area (Å²) in [5.74, 6) is 0.764. The largest absolute Gasteiger partial charge is 0.446 e. The predicted molar refractivity (Wildman–Crippen MR) is 66.7 cm³/mol. The Bertz CT molecular complexity index is 465. The molecule has 0 unspecified atom stereocenters. The maximum Gasteiger partial charge on any atom is 0.181 e. The van der Waals surface area contributed by atoms with Crippen LogP contribution >= 0.6 is 11.6 Å². The highest BCUT2D eigenvalue weighted by Crippen LogP contribution is 2.16. The van der Waals surface area contributed by atoms with Gasteiger partial charge in [0.15, 0.2) is 6.40 Å². The molecule has 0 radical (unpaired) electrons. The second kappa shape index (κ2) is 5.33. The Kier molecular flexibility index (Phi) is 3.57. The van der Waals surface area contributed by atoms with E-state index in [0.717, 1.165) is 11.4 Å². The van der Waals surface area contributed by atoms with Crippen molar-refractivity contribution >= 4 is 23.7 Å². The van der Waals surface area contributed by atoms with E-state index in [9.17, 15) is 0 Å². The molecule has 16 heavy (non-hydrogen) atoms. The summed E-state index contributed by atoms with van der Waals surface area (Å²) in [7, 11) is 0. The van der Waals surface area contributed by atoms with Crippen molar-refractivity contribution in [2.45, 2.75) is 0 Å². The SMILES string of the molecule is Clc1ccc(N=COc2ccccc2)cc1. The van der Waals surface area contributed by atoms with Crippen LogP contribution < -0.4 is 4.74 Å². The van der Waals surface area contributed by atoms with Crippen LogP contribution in [-0.4, -0.2) is 6.40 Å². The van der Waals surface area contributed by atoms with Crippen molar-refractivity contribution in [3.8, 4) is 5.75 Å². The molecule has 0 bridgehead atoms. The van der Waals surface area contributed by atoms with E-state index in [2.05, 4.69) is 4.99 Å². The first-order valence-electron chi connectivity index (χ1n) is 4.84. The lowest BCUT2D eigenvalue weighted by atomic mass is 10.3. The molecular weight excluding hydrogens is 222 g/mol. The molecule has 0 amide bonds. The lowest BCUT2D eigenvalue weighted by Crippen LogP contribution is -1.87. The summed E-state index contributed by atoms with van der Waals surface area (Å²) in [4.78, 5) is 4.14. The molecule has 0 saturated heterocycles. The molecule has 0 saturated carbocycles. The quantitative estimate of drug-likeness (QED) is 0.576. The highest BCUT2D eigenvalue weighted by molar-refractivity contribution is 6.30. The van der Waals surface area contributed by atoms with Gasteiger partial charge in [-0.25, -0.2) is 4.99 Å². The average Bonchev–Trinajstić information content (AvgIpc) is 2.33. The second-order valence-electron chi connectivity index (χ2n) is 3.14. The van der Waals surface area contributed by atoms with Crippen LogP contribution in [0.1, 0.15) is 0 Å². The number of para-hydroxylation sites is 1. The molecule has 0 heterocycles. The molecule has 0 aliphatic rings. The molecule has 3 heteroatoms. The number of hydrogen-bond acceptors (Lipinski definition) is 2. The highest BCUT2D eigenvalue weighted by atomic mass is 35.5. The van der Waals surface area contributed by atoms with Gasteiger partial charge in [-0.05, 0) is 36.4 Å². The topological polar surface area (TPSA) is 21.6 Å². The summed E-state index contributed by atoms with van der Waals surface area (Å²) >= 11 is 5.76.